The Labute approximate surface area is 178 Å². The quantitative estimate of drug-likeness (QED) is 0.557. The molecule has 0 aliphatic carbocycles. The van der Waals surface area contributed by atoms with Crippen LogP contribution in [0.2, 0.25) is 0 Å². The Morgan fingerprint density at radius 1 is 1.41 bits per heavy atom. The van der Waals surface area contributed by atoms with Gasteiger partial charge in [0, 0.05) is 31.9 Å². The Bertz CT molecular complexity index is 726. The second kappa shape index (κ2) is 9.30. The molecule has 1 aromatic heterocycles. The Hall–Kier alpha value is -1.87. The SMILES string of the molecule is CN=C(NCCc1csc(C)n1)NCC1C(C)OC(C)(C)N1C(=O)OC(C)(C)C. The fraction of sp³-hybridized carbons (Fsp3) is 0.750. The molecule has 1 aliphatic rings. The third-order valence-electron chi connectivity index (χ3n) is 4.56. The van der Waals surface area contributed by atoms with E-state index in [0.29, 0.717) is 12.5 Å². The zero-order valence-corrected chi connectivity index (χ0v) is 19.6. The number of nitrogens with zero attached hydrogens (tertiary/aromatic N) is 3. The monoisotopic (exact) mass is 425 g/mol. The molecule has 2 atom stereocenters. The number of nitrogens with one attached hydrogen (secondary N) is 2. The topological polar surface area (TPSA) is 88.1 Å². The lowest BCUT2D eigenvalue weighted by atomic mass is 10.1. The van der Waals surface area contributed by atoms with Crippen molar-refractivity contribution in [1.29, 1.82) is 0 Å². The summed E-state index contributed by atoms with van der Waals surface area (Å²) < 4.78 is 11.6. The minimum Gasteiger partial charge on any atom is -0.444 e. The third-order valence-corrected chi connectivity index (χ3v) is 5.38. The van der Waals surface area contributed by atoms with Crippen LogP contribution in [0.1, 0.15) is 52.2 Å². The minimum absolute atomic E-state index is 0.138. The number of amides is 1. The molecule has 8 nitrogen and oxygen atoms in total. The highest BCUT2D eigenvalue weighted by Gasteiger charge is 2.49. The van der Waals surface area contributed by atoms with Crippen LogP contribution in [0.4, 0.5) is 4.79 Å². The number of rotatable bonds is 5. The Kier molecular flexibility index (Phi) is 7.50. The first-order chi connectivity index (χ1) is 13.4. The maximum atomic E-state index is 12.8. The molecule has 1 amide bonds. The molecule has 1 saturated heterocycles. The molecular weight excluding hydrogens is 390 g/mol. The second-order valence-electron chi connectivity index (χ2n) is 8.68. The van der Waals surface area contributed by atoms with E-state index in [2.05, 4.69) is 26.0 Å². The lowest BCUT2D eigenvalue weighted by Gasteiger charge is -2.35. The molecule has 9 heteroatoms. The van der Waals surface area contributed by atoms with Gasteiger partial charge in [-0.2, -0.15) is 0 Å². The highest BCUT2D eigenvalue weighted by Crippen LogP contribution is 2.33. The van der Waals surface area contributed by atoms with Crippen molar-refractivity contribution in [3.8, 4) is 0 Å². The van der Waals surface area contributed by atoms with Crippen molar-refractivity contribution in [2.45, 2.75) is 78.4 Å². The largest absolute Gasteiger partial charge is 0.444 e. The molecule has 29 heavy (non-hydrogen) atoms. The van der Waals surface area contributed by atoms with Gasteiger partial charge in [-0.25, -0.2) is 9.78 Å². The normalized spacial score (nSPS) is 21.9. The van der Waals surface area contributed by atoms with Crippen LogP contribution >= 0.6 is 11.3 Å². The van der Waals surface area contributed by atoms with Crippen molar-refractivity contribution in [2.24, 2.45) is 4.99 Å². The van der Waals surface area contributed by atoms with E-state index in [1.165, 1.54) is 0 Å². The maximum absolute atomic E-state index is 12.8. The first kappa shape index (κ1) is 23.4. The fourth-order valence-electron chi connectivity index (χ4n) is 3.38. The van der Waals surface area contributed by atoms with Gasteiger partial charge in [0.05, 0.1) is 22.8 Å². The standard InChI is InChI=1S/C20H35N5O3S/c1-13-16(25(20(6,7)27-13)18(26)28-19(3,4)5)11-23-17(21-8)22-10-9-15-12-29-14(2)24-15/h12-13,16H,9-11H2,1-8H3,(H2,21,22,23). The minimum atomic E-state index is -0.743. The van der Waals surface area contributed by atoms with Gasteiger partial charge in [-0.3, -0.25) is 9.89 Å². The van der Waals surface area contributed by atoms with E-state index in [-0.39, 0.29) is 18.2 Å². The van der Waals surface area contributed by atoms with Crippen molar-refractivity contribution in [2.75, 3.05) is 20.1 Å². The lowest BCUT2D eigenvalue weighted by Crippen LogP contribution is -2.54. The second-order valence-corrected chi connectivity index (χ2v) is 9.74. The van der Waals surface area contributed by atoms with Gasteiger partial charge >= 0.3 is 6.09 Å². The first-order valence-corrected chi connectivity index (χ1v) is 10.9. The molecule has 1 aliphatic heterocycles. The van der Waals surface area contributed by atoms with E-state index < -0.39 is 11.3 Å². The van der Waals surface area contributed by atoms with Gasteiger partial charge in [-0.1, -0.05) is 0 Å². The lowest BCUT2D eigenvalue weighted by molar-refractivity contribution is -0.0755. The Morgan fingerprint density at radius 2 is 2.10 bits per heavy atom. The summed E-state index contributed by atoms with van der Waals surface area (Å²) in [6.07, 6.45) is 0.312. The molecule has 0 aromatic carbocycles. The summed E-state index contributed by atoms with van der Waals surface area (Å²) in [5.74, 6) is 0.679. The van der Waals surface area contributed by atoms with Crippen LogP contribution in [0.3, 0.4) is 0 Å². The molecule has 2 N–H and O–H groups in total. The average Bonchev–Trinajstić information content (AvgIpc) is 3.08. The van der Waals surface area contributed by atoms with Crippen molar-refractivity contribution in [1.82, 2.24) is 20.5 Å². The Balaban J connectivity index is 1.95. The number of hydrogen-bond acceptors (Lipinski definition) is 6. The third kappa shape index (κ3) is 6.57. The van der Waals surface area contributed by atoms with Crippen LogP contribution in [0.5, 0.6) is 0 Å². The number of aromatic nitrogens is 1. The molecule has 2 rings (SSSR count). The zero-order chi connectivity index (χ0) is 21.8. The van der Waals surface area contributed by atoms with Gasteiger partial charge in [0.1, 0.15) is 11.3 Å². The molecule has 164 valence electrons. The number of ether oxygens (including phenoxy) is 2. The van der Waals surface area contributed by atoms with Gasteiger partial charge in [0.25, 0.3) is 0 Å². The fourth-order valence-corrected chi connectivity index (χ4v) is 4.02. The summed E-state index contributed by atoms with van der Waals surface area (Å²) >= 11 is 1.65. The van der Waals surface area contributed by atoms with Crippen LogP contribution in [-0.4, -0.2) is 65.5 Å². The predicted octanol–water partition coefficient (Wildman–Crippen LogP) is 2.92. The number of guanidine groups is 1. The van der Waals surface area contributed by atoms with Crippen molar-refractivity contribution < 1.29 is 14.3 Å². The van der Waals surface area contributed by atoms with E-state index in [4.69, 9.17) is 9.47 Å². The molecule has 0 bridgehead atoms. The Morgan fingerprint density at radius 3 is 2.66 bits per heavy atom. The van der Waals surface area contributed by atoms with E-state index in [1.54, 1.807) is 23.3 Å². The summed E-state index contributed by atoms with van der Waals surface area (Å²) in [5.41, 5.74) is -0.234. The van der Waals surface area contributed by atoms with E-state index in [0.717, 1.165) is 23.7 Å². The first-order valence-electron chi connectivity index (χ1n) is 9.98. The summed E-state index contributed by atoms with van der Waals surface area (Å²) in [4.78, 5) is 23.3. The predicted molar refractivity (Wildman–Crippen MR) is 116 cm³/mol. The van der Waals surface area contributed by atoms with Crippen LogP contribution < -0.4 is 10.6 Å². The van der Waals surface area contributed by atoms with E-state index in [1.807, 2.05) is 48.5 Å². The highest BCUT2D eigenvalue weighted by molar-refractivity contribution is 7.09. The van der Waals surface area contributed by atoms with Gasteiger partial charge in [-0.15, -0.1) is 11.3 Å². The van der Waals surface area contributed by atoms with Crippen LogP contribution in [0.25, 0.3) is 0 Å². The van der Waals surface area contributed by atoms with Gasteiger partial charge in [0.15, 0.2) is 5.96 Å². The van der Waals surface area contributed by atoms with Gasteiger partial charge in [0.2, 0.25) is 0 Å². The number of hydrogen-bond donors (Lipinski definition) is 2. The summed E-state index contributed by atoms with van der Waals surface area (Å²) in [5, 5.41) is 9.75. The van der Waals surface area contributed by atoms with Crippen molar-refractivity contribution >= 4 is 23.4 Å². The molecule has 0 spiro atoms. The smallest absolute Gasteiger partial charge is 0.412 e. The van der Waals surface area contributed by atoms with Crippen LogP contribution in [0.15, 0.2) is 10.4 Å². The van der Waals surface area contributed by atoms with Gasteiger partial charge < -0.3 is 20.1 Å². The summed E-state index contributed by atoms with van der Waals surface area (Å²) in [6.45, 7) is 14.6. The summed E-state index contributed by atoms with van der Waals surface area (Å²) in [6, 6.07) is -0.181. The van der Waals surface area contributed by atoms with E-state index in [9.17, 15) is 4.79 Å². The van der Waals surface area contributed by atoms with Crippen molar-refractivity contribution in [3.05, 3.63) is 16.1 Å². The zero-order valence-electron chi connectivity index (χ0n) is 18.8. The van der Waals surface area contributed by atoms with Crippen LogP contribution in [0, 0.1) is 6.92 Å². The van der Waals surface area contributed by atoms with Gasteiger partial charge in [-0.05, 0) is 48.5 Å². The molecule has 0 radical (unpaired) electrons. The number of carbonyl (C=O) groups is 1. The van der Waals surface area contributed by atoms with Crippen molar-refractivity contribution in [3.63, 3.8) is 0 Å². The van der Waals surface area contributed by atoms with Crippen LogP contribution in [-0.2, 0) is 15.9 Å². The number of thiazole rings is 1. The molecular formula is C20H35N5O3S. The molecule has 0 saturated carbocycles. The molecule has 1 fully saturated rings. The average molecular weight is 426 g/mol. The molecule has 2 unspecified atom stereocenters. The maximum Gasteiger partial charge on any atom is 0.412 e. The number of aliphatic imine (C=N–C) groups is 1. The number of carbonyl (C=O) groups excluding carboxylic acids is 1. The molecule has 1 aromatic rings. The number of aryl methyl sites for hydroxylation is 1. The summed E-state index contributed by atoms with van der Waals surface area (Å²) in [7, 11) is 1.73. The highest BCUT2D eigenvalue weighted by atomic mass is 32.1. The van der Waals surface area contributed by atoms with E-state index >= 15 is 0 Å². The molecule has 2 heterocycles.